The highest BCUT2D eigenvalue weighted by Crippen LogP contribution is 2.05. The molecular weight excluding hydrogens is 241 g/mol. The van der Waals surface area contributed by atoms with Crippen LogP contribution in [0.15, 0.2) is 24.3 Å². The first-order valence-corrected chi connectivity index (χ1v) is 3.79. The molecule has 0 aliphatic carbocycles. The van der Waals surface area contributed by atoms with Crippen LogP contribution in [-0.4, -0.2) is 5.91 Å². The molecule has 0 bridgehead atoms. The van der Waals surface area contributed by atoms with E-state index in [4.69, 9.17) is 1.41 Å². The third-order valence-corrected chi connectivity index (χ3v) is 1.83. The highest BCUT2D eigenvalue weighted by Gasteiger charge is 1.96. The number of nitrogens with two attached hydrogens (primary N) is 1. The number of carbonyl (C=O) groups is 1. The third kappa shape index (κ3) is 1.70. The van der Waals surface area contributed by atoms with E-state index in [1.165, 1.54) is 0 Å². The minimum atomic E-state index is -0.374. The average Bonchev–Trinajstić information content (AvgIpc) is 2.05. The zero-order valence-corrected chi connectivity index (χ0v) is 7.25. The van der Waals surface area contributed by atoms with Gasteiger partial charge in [0.1, 0.15) is 0 Å². The minimum Gasteiger partial charge on any atom is -0.366 e. The van der Waals surface area contributed by atoms with Crippen LogP contribution in [0.25, 0.3) is 0 Å². The lowest BCUT2D eigenvalue weighted by atomic mass is 10.2. The second kappa shape index (κ2) is 3.01. The zero-order chi connectivity index (χ0) is 8.27. The molecule has 1 rings (SSSR count). The molecule has 1 aromatic carbocycles. The second-order valence-electron chi connectivity index (χ2n) is 1.84. The van der Waals surface area contributed by atoms with Gasteiger partial charge in [-0.25, -0.2) is 0 Å². The summed E-state index contributed by atoms with van der Waals surface area (Å²) in [5, 5.41) is 0. The molecule has 52 valence electrons. The SMILES string of the molecule is [2H]NC(=O)c1ccc(I)cc1. The molecule has 1 amide bonds. The van der Waals surface area contributed by atoms with Crippen LogP contribution in [0.3, 0.4) is 0 Å². The van der Waals surface area contributed by atoms with Crippen molar-refractivity contribution in [2.75, 3.05) is 0 Å². The molecule has 0 fully saturated rings. The van der Waals surface area contributed by atoms with E-state index in [-0.39, 0.29) is 5.91 Å². The fourth-order valence-corrected chi connectivity index (χ4v) is 0.961. The monoisotopic (exact) mass is 248 g/mol. The largest absolute Gasteiger partial charge is 0.366 e. The molecule has 0 aliphatic heterocycles. The van der Waals surface area contributed by atoms with Crippen LogP contribution in [-0.2, 0) is 0 Å². The molecule has 3 heteroatoms. The van der Waals surface area contributed by atoms with Gasteiger partial charge < -0.3 is 5.73 Å². The molecule has 0 aromatic heterocycles. The van der Waals surface area contributed by atoms with Crippen molar-refractivity contribution in [1.29, 1.82) is 0 Å². The maximum absolute atomic E-state index is 10.8. The molecule has 0 saturated carbocycles. The summed E-state index contributed by atoms with van der Waals surface area (Å²) in [5.41, 5.74) is 2.32. The van der Waals surface area contributed by atoms with Gasteiger partial charge in [0.2, 0.25) is 5.91 Å². The number of hydrogen-bond acceptors (Lipinski definition) is 1. The van der Waals surface area contributed by atoms with Gasteiger partial charge in [0.05, 0.1) is 0 Å². The van der Waals surface area contributed by atoms with Gasteiger partial charge in [0, 0.05) is 9.13 Å². The van der Waals surface area contributed by atoms with Crippen molar-refractivity contribution in [2.45, 2.75) is 0 Å². The van der Waals surface area contributed by atoms with Crippen molar-refractivity contribution >= 4 is 28.5 Å². The lowest BCUT2D eigenvalue weighted by Gasteiger charge is -1.92. The predicted octanol–water partition coefficient (Wildman–Crippen LogP) is 1.39. The number of benzene rings is 1. The Morgan fingerprint density at radius 2 is 2.10 bits per heavy atom. The Morgan fingerprint density at radius 1 is 1.50 bits per heavy atom. The number of halogens is 1. The van der Waals surface area contributed by atoms with Crippen molar-refractivity contribution in [1.82, 2.24) is 0 Å². The van der Waals surface area contributed by atoms with Crippen LogP contribution in [0.2, 0.25) is 1.41 Å². The van der Waals surface area contributed by atoms with E-state index in [0.717, 1.165) is 3.57 Å². The van der Waals surface area contributed by atoms with Crippen molar-refractivity contribution in [2.24, 2.45) is 5.73 Å². The van der Waals surface area contributed by atoms with E-state index in [9.17, 15) is 4.79 Å². The summed E-state index contributed by atoms with van der Waals surface area (Å²) in [4.78, 5) is 10.8. The Balaban J connectivity index is 2.90. The van der Waals surface area contributed by atoms with E-state index < -0.39 is 0 Å². The Labute approximate surface area is 74.0 Å². The summed E-state index contributed by atoms with van der Waals surface area (Å²) >= 11 is 2.15. The molecular formula is C7H6INO. The average molecular weight is 248 g/mol. The van der Waals surface area contributed by atoms with Crippen LogP contribution < -0.4 is 5.73 Å². The first-order valence-electron chi connectivity index (χ1n) is 3.21. The second-order valence-corrected chi connectivity index (χ2v) is 3.08. The van der Waals surface area contributed by atoms with Crippen LogP contribution in [0.5, 0.6) is 0 Å². The third-order valence-electron chi connectivity index (χ3n) is 1.11. The molecule has 0 aliphatic rings. The molecule has 0 unspecified atom stereocenters. The predicted molar refractivity (Wildman–Crippen MR) is 47.7 cm³/mol. The number of amides is 1. The summed E-state index contributed by atoms with van der Waals surface area (Å²) in [5.74, 6) is -0.374. The fourth-order valence-electron chi connectivity index (χ4n) is 0.601. The number of carbonyl (C=O) groups excluding carboxylic acids is 1. The molecule has 0 radical (unpaired) electrons. The standard InChI is InChI=1S/C7H6INO/c8-6-3-1-5(2-4-6)7(9)10/h1-4H,(H2,9,10)/i/hD. The Kier molecular flexibility index (Phi) is 1.85. The van der Waals surface area contributed by atoms with Gasteiger partial charge in [-0.2, -0.15) is 0 Å². The first-order chi connectivity index (χ1) is 5.24. The smallest absolute Gasteiger partial charge is 0.248 e. The van der Waals surface area contributed by atoms with Crippen molar-refractivity contribution < 1.29 is 6.21 Å². The van der Waals surface area contributed by atoms with Crippen LogP contribution in [0, 0.1) is 3.57 Å². The van der Waals surface area contributed by atoms with Gasteiger partial charge in [0.25, 0.3) is 0 Å². The van der Waals surface area contributed by atoms with E-state index in [1.807, 2.05) is 17.9 Å². The highest BCUT2D eigenvalue weighted by atomic mass is 127. The minimum absolute atomic E-state index is 0.374. The zero-order valence-electron chi connectivity index (χ0n) is 6.10. The Morgan fingerprint density at radius 3 is 2.60 bits per heavy atom. The van der Waals surface area contributed by atoms with Gasteiger partial charge in [-0.1, -0.05) is 0 Å². The van der Waals surface area contributed by atoms with Crippen LogP contribution >= 0.6 is 22.6 Å². The first kappa shape index (κ1) is 6.15. The number of hydrogen-bond donors (Lipinski definition) is 1. The summed E-state index contributed by atoms with van der Waals surface area (Å²) in [6.45, 7) is 0. The van der Waals surface area contributed by atoms with Gasteiger partial charge in [-0.15, -0.1) is 0 Å². The van der Waals surface area contributed by atoms with Crippen LogP contribution in [0.1, 0.15) is 10.4 Å². The van der Waals surface area contributed by atoms with Crippen molar-refractivity contribution in [3.63, 3.8) is 0 Å². The van der Waals surface area contributed by atoms with E-state index in [0.29, 0.717) is 5.56 Å². The lowest BCUT2D eigenvalue weighted by Crippen LogP contribution is -2.10. The molecule has 0 atom stereocenters. The number of rotatable bonds is 1. The normalized spacial score (nSPS) is 10.3. The van der Waals surface area contributed by atoms with E-state index in [1.54, 1.807) is 12.1 Å². The molecule has 0 spiro atoms. The molecule has 0 heterocycles. The van der Waals surface area contributed by atoms with Gasteiger partial charge in [-0.3, -0.25) is 4.79 Å². The summed E-state index contributed by atoms with van der Waals surface area (Å²) in [6, 6.07) is 7.02. The van der Waals surface area contributed by atoms with E-state index in [2.05, 4.69) is 22.6 Å². The highest BCUT2D eigenvalue weighted by molar-refractivity contribution is 14.1. The van der Waals surface area contributed by atoms with Gasteiger partial charge in [-0.05, 0) is 46.9 Å². The van der Waals surface area contributed by atoms with Gasteiger partial charge >= 0.3 is 0 Å². The van der Waals surface area contributed by atoms with Gasteiger partial charge in [0.15, 0.2) is 1.41 Å². The Hall–Kier alpha value is -0.580. The summed E-state index contributed by atoms with van der Waals surface area (Å²) in [7, 11) is 0. The maximum Gasteiger partial charge on any atom is 0.248 e. The van der Waals surface area contributed by atoms with E-state index >= 15 is 0 Å². The van der Waals surface area contributed by atoms with Crippen molar-refractivity contribution in [3.05, 3.63) is 33.4 Å². The molecule has 0 saturated heterocycles. The molecule has 10 heavy (non-hydrogen) atoms. The topological polar surface area (TPSA) is 43.1 Å². The number of primary amides is 1. The maximum atomic E-state index is 10.8. The van der Waals surface area contributed by atoms with Crippen molar-refractivity contribution in [3.8, 4) is 0 Å². The quantitative estimate of drug-likeness (QED) is 0.750. The summed E-state index contributed by atoms with van der Waals surface area (Å²) in [6.07, 6.45) is 0. The Bertz CT molecular complexity index is 260. The van der Waals surface area contributed by atoms with Crippen LogP contribution in [0.4, 0.5) is 0 Å². The fraction of sp³-hybridized carbons (Fsp3) is 0. The molecule has 2 nitrogen and oxygen atoms in total. The molecule has 1 aromatic rings. The molecule has 2 N–H and O–H groups in total. The summed E-state index contributed by atoms with van der Waals surface area (Å²) < 4.78 is 7.67. The lowest BCUT2D eigenvalue weighted by molar-refractivity contribution is 0.100.